The molecule has 0 radical (unpaired) electrons. The van der Waals surface area contributed by atoms with Crippen LogP contribution in [0.4, 0.5) is 21.5 Å². The summed E-state index contributed by atoms with van der Waals surface area (Å²) < 4.78 is 47.9. The van der Waals surface area contributed by atoms with Crippen molar-refractivity contribution in [2.24, 2.45) is 0 Å². The Morgan fingerprint density at radius 3 is 2.42 bits per heavy atom. The number of nitrogens with zero attached hydrogens (tertiary/aromatic N) is 1. The fraction of sp³-hybridized carbons (Fsp3) is 0.333. The van der Waals surface area contributed by atoms with Gasteiger partial charge in [-0.1, -0.05) is 12.1 Å². The van der Waals surface area contributed by atoms with Gasteiger partial charge in [-0.05, 0) is 91.6 Å². The average Bonchev–Trinajstić information content (AvgIpc) is 3.65. The first-order chi connectivity index (χ1) is 17.9. The van der Waals surface area contributed by atoms with Crippen molar-refractivity contribution in [3.05, 3.63) is 84.2 Å². The molecule has 0 saturated heterocycles. The van der Waals surface area contributed by atoms with E-state index in [2.05, 4.69) is 10.0 Å². The molecule has 0 spiro atoms. The molecule has 38 heavy (non-hydrogen) atoms. The van der Waals surface area contributed by atoms with Crippen molar-refractivity contribution in [3.63, 3.8) is 0 Å². The molecular formula is C27H27FIN3O5S. The van der Waals surface area contributed by atoms with Gasteiger partial charge in [-0.3, -0.25) is 9.52 Å². The van der Waals surface area contributed by atoms with Gasteiger partial charge in [0.25, 0.3) is 5.91 Å². The topological polar surface area (TPSA) is 109 Å². The van der Waals surface area contributed by atoms with E-state index >= 15 is 0 Å². The molecule has 1 aliphatic carbocycles. The summed E-state index contributed by atoms with van der Waals surface area (Å²) >= 11 is 2.01. The van der Waals surface area contributed by atoms with Crippen LogP contribution in [0.15, 0.2) is 45.6 Å². The number of rotatable bonds is 6. The molecule has 5 rings (SSSR count). The first-order valence-electron chi connectivity index (χ1n) is 12.2. The van der Waals surface area contributed by atoms with Gasteiger partial charge in [-0.15, -0.1) is 0 Å². The maximum atomic E-state index is 14.8. The van der Waals surface area contributed by atoms with E-state index < -0.39 is 27.4 Å². The predicted molar refractivity (Wildman–Crippen MR) is 152 cm³/mol. The second-order valence-electron chi connectivity index (χ2n) is 9.93. The Labute approximate surface area is 233 Å². The zero-order valence-corrected chi connectivity index (χ0v) is 24.2. The number of hydrogen-bond acceptors (Lipinski definition) is 6. The van der Waals surface area contributed by atoms with E-state index in [1.807, 2.05) is 40.5 Å². The van der Waals surface area contributed by atoms with Crippen LogP contribution in [0.1, 0.15) is 58.5 Å². The van der Waals surface area contributed by atoms with E-state index in [0.717, 1.165) is 24.7 Å². The third kappa shape index (κ3) is 4.81. The van der Waals surface area contributed by atoms with Crippen molar-refractivity contribution in [2.45, 2.75) is 51.6 Å². The van der Waals surface area contributed by atoms with E-state index in [1.165, 1.54) is 6.07 Å². The Morgan fingerprint density at radius 1 is 1.08 bits per heavy atom. The Bertz CT molecular complexity index is 1630. The summed E-state index contributed by atoms with van der Waals surface area (Å²) in [7, 11) is -3.54. The first-order valence-corrected chi connectivity index (χ1v) is 15.1. The number of carbonyl (C=O) groups excluding carboxylic acids is 1. The molecule has 1 aliphatic heterocycles. The highest BCUT2D eigenvalue weighted by molar-refractivity contribution is 14.1. The second-order valence-corrected chi connectivity index (χ2v) is 12.9. The van der Waals surface area contributed by atoms with Crippen LogP contribution < -0.4 is 15.7 Å². The third-order valence-electron chi connectivity index (χ3n) is 7.17. The van der Waals surface area contributed by atoms with Crippen LogP contribution in [0.2, 0.25) is 0 Å². The molecule has 1 aromatic heterocycles. The van der Waals surface area contributed by atoms with Gasteiger partial charge in [0.2, 0.25) is 10.0 Å². The lowest BCUT2D eigenvalue weighted by Gasteiger charge is -2.41. The maximum absolute atomic E-state index is 14.8. The van der Waals surface area contributed by atoms with Crippen molar-refractivity contribution in [3.8, 4) is 0 Å². The van der Waals surface area contributed by atoms with Crippen LogP contribution in [-0.4, -0.2) is 37.6 Å². The average molecular weight is 651 g/mol. The minimum absolute atomic E-state index is 0.0425. The van der Waals surface area contributed by atoms with Gasteiger partial charge < -0.3 is 14.6 Å². The summed E-state index contributed by atoms with van der Waals surface area (Å²) in [4.78, 5) is 28.9. The van der Waals surface area contributed by atoms with Crippen molar-refractivity contribution in [2.75, 3.05) is 16.3 Å². The van der Waals surface area contributed by atoms with Gasteiger partial charge >= 0.3 is 5.63 Å². The summed E-state index contributed by atoms with van der Waals surface area (Å²) in [6.07, 6.45) is 2.79. The summed E-state index contributed by atoms with van der Waals surface area (Å²) in [5, 5.41) is 3.01. The molecular weight excluding hydrogens is 624 g/mol. The molecule has 3 aromatic rings. The molecule has 1 saturated carbocycles. The van der Waals surface area contributed by atoms with Crippen LogP contribution in [0.3, 0.4) is 0 Å². The third-order valence-corrected chi connectivity index (χ3v) is 8.43. The summed E-state index contributed by atoms with van der Waals surface area (Å²) in [5.74, 6) is -1.17. The van der Waals surface area contributed by atoms with Gasteiger partial charge in [-0.25, -0.2) is 17.6 Å². The standard InChI is InChI=1S/C27H27FIN3O5S/c1-13-18(6-5-7-20(13)31-38(4,35)36)22-15(3)32(17-9-10-17)26(33)23-24(14(2)27(34)37-25(22)23)30-21-11-8-16(29)12-19(21)28/h5-8,11-12,15,17,22,30-31H,9-10H2,1-4H3/t15-,22?/m1/s1. The fourth-order valence-corrected chi connectivity index (χ4v) is 6.27. The molecule has 2 N–H and O–H groups in total. The molecule has 2 heterocycles. The van der Waals surface area contributed by atoms with Crippen molar-refractivity contribution >= 4 is 55.6 Å². The van der Waals surface area contributed by atoms with E-state index in [9.17, 15) is 22.4 Å². The highest BCUT2D eigenvalue weighted by Gasteiger charge is 2.48. The predicted octanol–water partition coefficient (Wildman–Crippen LogP) is 5.25. The van der Waals surface area contributed by atoms with Gasteiger partial charge in [0.05, 0.1) is 34.8 Å². The van der Waals surface area contributed by atoms with E-state index in [0.29, 0.717) is 14.8 Å². The van der Waals surface area contributed by atoms with Gasteiger partial charge in [-0.2, -0.15) is 0 Å². The zero-order valence-electron chi connectivity index (χ0n) is 21.3. The molecule has 200 valence electrons. The van der Waals surface area contributed by atoms with E-state index in [1.54, 1.807) is 38.1 Å². The lowest BCUT2D eigenvalue weighted by atomic mass is 9.80. The number of amides is 1. The molecule has 0 bridgehead atoms. The zero-order chi connectivity index (χ0) is 27.5. The van der Waals surface area contributed by atoms with Gasteiger partial charge in [0, 0.05) is 15.7 Å². The minimum Gasteiger partial charge on any atom is -0.426 e. The van der Waals surface area contributed by atoms with Crippen LogP contribution in [0, 0.1) is 23.2 Å². The van der Waals surface area contributed by atoms with Gasteiger partial charge in [0.1, 0.15) is 17.1 Å². The number of carbonyl (C=O) groups is 1. The van der Waals surface area contributed by atoms with E-state index in [4.69, 9.17) is 4.42 Å². The first kappa shape index (κ1) is 26.7. The summed E-state index contributed by atoms with van der Waals surface area (Å²) in [5.41, 5.74) is 1.87. The quantitative estimate of drug-likeness (QED) is 0.353. The van der Waals surface area contributed by atoms with Crippen molar-refractivity contribution in [1.82, 2.24) is 4.90 Å². The summed E-state index contributed by atoms with van der Waals surface area (Å²) in [6.45, 7) is 5.24. The highest BCUT2D eigenvalue weighted by atomic mass is 127. The monoisotopic (exact) mass is 651 g/mol. The second kappa shape index (κ2) is 9.67. The normalized spacial score (nSPS) is 19.3. The molecule has 1 amide bonds. The van der Waals surface area contributed by atoms with Crippen LogP contribution in [0.5, 0.6) is 0 Å². The molecule has 2 atom stereocenters. The van der Waals surface area contributed by atoms with Crippen molar-refractivity contribution < 1.29 is 22.0 Å². The van der Waals surface area contributed by atoms with Crippen LogP contribution in [-0.2, 0) is 10.0 Å². The Hall–Kier alpha value is -2.93. The van der Waals surface area contributed by atoms with Crippen molar-refractivity contribution in [1.29, 1.82) is 0 Å². The number of benzene rings is 2. The number of sulfonamides is 1. The smallest absolute Gasteiger partial charge is 0.340 e. The molecule has 1 unspecified atom stereocenters. The van der Waals surface area contributed by atoms with E-state index in [-0.39, 0.29) is 46.3 Å². The summed E-state index contributed by atoms with van der Waals surface area (Å²) in [6, 6.07) is 9.57. The molecule has 2 aromatic carbocycles. The number of fused-ring (bicyclic) bond motifs is 1. The molecule has 8 nitrogen and oxygen atoms in total. The SMILES string of the molecule is Cc1c(NS(C)(=O)=O)cccc1C1c2oc(=O)c(C)c(Nc3ccc(I)cc3F)c2C(=O)N(C2CC2)[C@@H]1C. The van der Waals surface area contributed by atoms with Gasteiger partial charge in [0.15, 0.2) is 0 Å². The minimum atomic E-state index is -3.54. The van der Waals surface area contributed by atoms with Crippen LogP contribution in [0.25, 0.3) is 0 Å². The number of hydrogen-bond donors (Lipinski definition) is 2. The lowest BCUT2D eigenvalue weighted by Crippen LogP contribution is -2.49. The fourth-order valence-electron chi connectivity index (χ4n) is 5.20. The Balaban J connectivity index is 1.74. The largest absolute Gasteiger partial charge is 0.426 e. The highest BCUT2D eigenvalue weighted by Crippen LogP contribution is 2.46. The lowest BCUT2D eigenvalue weighted by molar-refractivity contribution is 0.0606. The Kier molecular flexibility index (Phi) is 6.79. The molecule has 1 fully saturated rings. The Morgan fingerprint density at radius 2 is 1.79 bits per heavy atom. The molecule has 2 aliphatic rings. The number of anilines is 3. The number of halogens is 2. The molecule has 11 heteroatoms. The van der Waals surface area contributed by atoms with Crippen LogP contribution >= 0.6 is 22.6 Å². The maximum Gasteiger partial charge on any atom is 0.340 e. The number of nitrogens with one attached hydrogen (secondary N) is 2.